The first kappa shape index (κ1) is 23.7. The standard InChI is InChI=1S/C22H33N3O5S/c1-24(2)22(12-6-7-13-22)16-23-20(26)17-10-14-25(15-11-17)31(28,29)19-9-5-4-8-18(19)21(27)30-3/h4-5,8-9,17H,6-7,10-16H2,1-3H3,(H,23,26). The van der Waals surface area contributed by atoms with Gasteiger partial charge in [-0.2, -0.15) is 4.31 Å². The second-order valence-corrected chi connectivity index (χ2v) is 10.6. The van der Waals surface area contributed by atoms with Crippen LogP contribution in [0.4, 0.5) is 0 Å². The zero-order chi connectivity index (χ0) is 22.6. The summed E-state index contributed by atoms with van der Waals surface area (Å²) in [7, 11) is 1.50. The summed E-state index contributed by atoms with van der Waals surface area (Å²) in [5.41, 5.74) is 0.0486. The molecule has 0 spiro atoms. The van der Waals surface area contributed by atoms with Gasteiger partial charge in [-0.15, -0.1) is 0 Å². The molecule has 0 atom stereocenters. The molecule has 31 heavy (non-hydrogen) atoms. The number of piperidine rings is 1. The van der Waals surface area contributed by atoms with Crippen molar-refractivity contribution in [3.05, 3.63) is 29.8 Å². The van der Waals surface area contributed by atoms with Crippen molar-refractivity contribution in [2.24, 2.45) is 5.92 Å². The Morgan fingerprint density at radius 1 is 1.16 bits per heavy atom. The van der Waals surface area contributed by atoms with E-state index in [-0.39, 0.29) is 40.9 Å². The summed E-state index contributed by atoms with van der Waals surface area (Å²) in [6.07, 6.45) is 5.43. The fourth-order valence-corrected chi connectivity index (χ4v) is 6.33. The Hall–Kier alpha value is -1.97. The second-order valence-electron chi connectivity index (χ2n) is 8.71. The lowest BCUT2D eigenvalue weighted by Crippen LogP contribution is -2.52. The van der Waals surface area contributed by atoms with Crippen LogP contribution in [-0.2, 0) is 19.6 Å². The number of esters is 1. The summed E-state index contributed by atoms with van der Waals surface area (Å²) in [6, 6.07) is 6.06. The van der Waals surface area contributed by atoms with Crippen LogP contribution in [0.5, 0.6) is 0 Å². The predicted octanol–water partition coefficient (Wildman–Crippen LogP) is 1.86. The number of ether oxygens (including phenoxy) is 1. The van der Waals surface area contributed by atoms with E-state index in [0.717, 1.165) is 12.8 Å². The van der Waals surface area contributed by atoms with Crippen molar-refractivity contribution in [2.45, 2.75) is 49.0 Å². The van der Waals surface area contributed by atoms with E-state index in [9.17, 15) is 18.0 Å². The molecule has 172 valence electrons. The lowest BCUT2D eigenvalue weighted by Gasteiger charge is -2.37. The van der Waals surface area contributed by atoms with E-state index in [1.54, 1.807) is 12.1 Å². The molecule has 3 rings (SSSR count). The number of carbonyl (C=O) groups excluding carboxylic acids is 2. The highest BCUT2D eigenvalue weighted by molar-refractivity contribution is 7.89. The molecule has 0 radical (unpaired) electrons. The number of amides is 1. The van der Waals surface area contributed by atoms with Crippen LogP contribution < -0.4 is 5.32 Å². The zero-order valence-corrected chi connectivity index (χ0v) is 19.4. The van der Waals surface area contributed by atoms with Crippen LogP contribution in [-0.4, -0.2) is 75.9 Å². The van der Waals surface area contributed by atoms with E-state index >= 15 is 0 Å². The number of nitrogens with one attached hydrogen (secondary N) is 1. The number of hydrogen-bond acceptors (Lipinski definition) is 6. The van der Waals surface area contributed by atoms with E-state index in [4.69, 9.17) is 4.74 Å². The third-order valence-electron chi connectivity index (χ3n) is 6.81. The third kappa shape index (κ3) is 4.94. The molecule has 1 N–H and O–H groups in total. The summed E-state index contributed by atoms with van der Waals surface area (Å²) in [6.45, 7) is 1.12. The molecule has 2 aliphatic rings. The number of benzene rings is 1. The van der Waals surface area contributed by atoms with Gasteiger partial charge in [0.1, 0.15) is 0 Å². The highest BCUT2D eigenvalue weighted by atomic mass is 32.2. The van der Waals surface area contributed by atoms with Crippen LogP contribution in [0.3, 0.4) is 0 Å². The molecule has 0 unspecified atom stereocenters. The number of methoxy groups -OCH3 is 1. The minimum absolute atomic E-state index is 0.000124. The van der Waals surface area contributed by atoms with Crippen LogP contribution in [0.2, 0.25) is 0 Å². The van der Waals surface area contributed by atoms with Crippen LogP contribution in [0, 0.1) is 5.92 Å². The van der Waals surface area contributed by atoms with Gasteiger partial charge >= 0.3 is 5.97 Å². The fourth-order valence-electron chi connectivity index (χ4n) is 4.68. The van der Waals surface area contributed by atoms with Crippen molar-refractivity contribution in [3.8, 4) is 0 Å². The van der Waals surface area contributed by atoms with Crippen LogP contribution in [0.25, 0.3) is 0 Å². The molecule has 1 heterocycles. The molecule has 1 amide bonds. The zero-order valence-electron chi connectivity index (χ0n) is 18.6. The van der Waals surface area contributed by atoms with Crippen molar-refractivity contribution in [1.29, 1.82) is 0 Å². The Balaban J connectivity index is 1.61. The monoisotopic (exact) mass is 451 g/mol. The highest BCUT2D eigenvalue weighted by Crippen LogP contribution is 2.33. The van der Waals surface area contributed by atoms with Crippen molar-refractivity contribution in [2.75, 3.05) is 40.8 Å². The number of sulfonamides is 1. The van der Waals surface area contributed by atoms with Gasteiger partial charge < -0.3 is 15.0 Å². The number of rotatable bonds is 7. The first-order chi connectivity index (χ1) is 14.7. The number of nitrogens with zero attached hydrogens (tertiary/aromatic N) is 2. The van der Waals surface area contributed by atoms with Gasteiger partial charge in [0.05, 0.1) is 17.6 Å². The fraction of sp³-hybridized carbons (Fsp3) is 0.636. The Morgan fingerprint density at radius 2 is 1.77 bits per heavy atom. The number of likely N-dealkylation sites (N-methyl/N-ethyl adjacent to an activating group) is 1. The maximum absolute atomic E-state index is 13.1. The van der Waals surface area contributed by atoms with Gasteiger partial charge in [-0.3, -0.25) is 4.79 Å². The summed E-state index contributed by atoms with van der Waals surface area (Å²) in [5, 5.41) is 3.12. The minimum Gasteiger partial charge on any atom is -0.465 e. The Morgan fingerprint density at radius 3 is 2.35 bits per heavy atom. The molecule has 2 fully saturated rings. The topological polar surface area (TPSA) is 96.0 Å². The van der Waals surface area contributed by atoms with Gasteiger partial charge in [0.25, 0.3) is 0 Å². The third-order valence-corrected chi connectivity index (χ3v) is 8.77. The van der Waals surface area contributed by atoms with Crippen molar-refractivity contribution in [3.63, 3.8) is 0 Å². The maximum Gasteiger partial charge on any atom is 0.339 e. The summed E-state index contributed by atoms with van der Waals surface area (Å²) >= 11 is 0. The highest BCUT2D eigenvalue weighted by Gasteiger charge is 2.38. The minimum atomic E-state index is -3.85. The van der Waals surface area contributed by atoms with Gasteiger partial charge in [-0.1, -0.05) is 25.0 Å². The molecule has 1 aliphatic carbocycles. The van der Waals surface area contributed by atoms with E-state index in [1.165, 1.54) is 36.4 Å². The molecule has 9 heteroatoms. The SMILES string of the molecule is COC(=O)c1ccccc1S(=O)(=O)N1CCC(C(=O)NCC2(N(C)C)CCCC2)CC1. The van der Waals surface area contributed by atoms with E-state index in [2.05, 4.69) is 24.3 Å². The molecule has 0 bridgehead atoms. The van der Waals surface area contributed by atoms with Crippen LogP contribution in [0.1, 0.15) is 48.9 Å². The van der Waals surface area contributed by atoms with Gasteiger partial charge in [-0.25, -0.2) is 13.2 Å². The first-order valence-electron chi connectivity index (χ1n) is 10.8. The summed E-state index contributed by atoms with van der Waals surface area (Å²) < 4.78 is 32.3. The molecule has 1 saturated heterocycles. The lowest BCUT2D eigenvalue weighted by atomic mass is 9.94. The molecular formula is C22H33N3O5S. The van der Waals surface area contributed by atoms with Crippen molar-refractivity contribution >= 4 is 21.9 Å². The van der Waals surface area contributed by atoms with Crippen molar-refractivity contribution in [1.82, 2.24) is 14.5 Å². The van der Waals surface area contributed by atoms with Crippen LogP contribution >= 0.6 is 0 Å². The average molecular weight is 452 g/mol. The summed E-state index contributed by atoms with van der Waals surface area (Å²) in [5.74, 6) is -0.891. The molecule has 0 aromatic heterocycles. The maximum atomic E-state index is 13.1. The van der Waals surface area contributed by atoms with Gasteiger partial charge in [-0.05, 0) is 51.9 Å². The Bertz CT molecular complexity index is 901. The average Bonchev–Trinajstić information content (AvgIpc) is 3.27. The lowest BCUT2D eigenvalue weighted by molar-refractivity contribution is -0.126. The van der Waals surface area contributed by atoms with Gasteiger partial charge in [0.15, 0.2) is 0 Å². The number of hydrogen-bond donors (Lipinski definition) is 1. The molecule has 1 aliphatic heterocycles. The Kier molecular flexibility index (Phi) is 7.39. The first-order valence-corrected chi connectivity index (χ1v) is 12.3. The van der Waals surface area contributed by atoms with Crippen LogP contribution in [0.15, 0.2) is 29.2 Å². The smallest absolute Gasteiger partial charge is 0.339 e. The number of carbonyl (C=O) groups is 2. The molecule has 8 nitrogen and oxygen atoms in total. The molecular weight excluding hydrogens is 418 g/mol. The molecule has 1 aromatic rings. The Labute approximate surface area is 185 Å². The van der Waals surface area contributed by atoms with Gasteiger partial charge in [0.2, 0.25) is 15.9 Å². The molecule has 1 aromatic carbocycles. The normalized spacial score (nSPS) is 20.0. The van der Waals surface area contributed by atoms with Crippen molar-refractivity contribution < 1.29 is 22.7 Å². The molecule has 1 saturated carbocycles. The van der Waals surface area contributed by atoms with E-state index in [0.29, 0.717) is 19.4 Å². The quantitative estimate of drug-likeness (QED) is 0.636. The van der Waals surface area contributed by atoms with E-state index < -0.39 is 16.0 Å². The predicted molar refractivity (Wildman–Crippen MR) is 117 cm³/mol. The van der Waals surface area contributed by atoms with Gasteiger partial charge in [0, 0.05) is 31.1 Å². The second kappa shape index (κ2) is 9.67. The van der Waals surface area contributed by atoms with E-state index in [1.807, 2.05) is 0 Å². The largest absolute Gasteiger partial charge is 0.465 e. The summed E-state index contributed by atoms with van der Waals surface area (Å²) in [4.78, 5) is 26.9.